The maximum Gasteiger partial charge on any atom is 0.407 e. The van der Waals surface area contributed by atoms with Gasteiger partial charge in [-0.15, -0.1) is 0 Å². The highest BCUT2D eigenvalue weighted by molar-refractivity contribution is 14.1. The number of hydrogen-bond acceptors (Lipinski definition) is 11. The van der Waals surface area contributed by atoms with Gasteiger partial charge >= 0.3 is 6.09 Å². The number of methoxy groups -OCH3 is 1. The van der Waals surface area contributed by atoms with Crippen LogP contribution in [0.4, 0.5) is 16.6 Å². The lowest BCUT2D eigenvalue weighted by molar-refractivity contribution is -0.121. The SMILES string of the molecule is COc1cc(Cc2cnc(N)nc2N)cc(I)c1OCCCCC(=O)NCCOCCOCCNC(=O)OC(C)(C)C. The molecule has 1 heterocycles. The molecule has 13 nitrogen and oxygen atoms in total. The van der Waals surface area contributed by atoms with Crippen molar-refractivity contribution in [1.82, 2.24) is 20.6 Å². The molecule has 0 fully saturated rings. The van der Waals surface area contributed by atoms with Gasteiger partial charge in [0.25, 0.3) is 0 Å². The molecule has 0 aliphatic rings. The Balaban J connectivity index is 1.55. The van der Waals surface area contributed by atoms with Crippen molar-refractivity contribution in [3.8, 4) is 11.5 Å². The highest BCUT2D eigenvalue weighted by Crippen LogP contribution is 2.35. The zero-order valence-corrected chi connectivity index (χ0v) is 27.0. The molecule has 0 aliphatic heterocycles. The first-order valence-corrected chi connectivity index (χ1v) is 14.8. The third-order valence-electron chi connectivity index (χ3n) is 5.50. The van der Waals surface area contributed by atoms with E-state index in [1.54, 1.807) is 34.1 Å². The van der Waals surface area contributed by atoms with Gasteiger partial charge in [-0.25, -0.2) is 9.78 Å². The number of aromatic nitrogens is 2. The lowest BCUT2D eigenvalue weighted by atomic mass is 10.1. The van der Waals surface area contributed by atoms with Crippen LogP contribution in [0.5, 0.6) is 11.5 Å². The number of ether oxygens (including phenoxy) is 5. The van der Waals surface area contributed by atoms with Gasteiger partial charge in [0.2, 0.25) is 11.9 Å². The van der Waals surface area contributed by atoms with Crippen LogP contribution in [0.1, 0.15) is 51.2 Å². The molecule has 0 saturated heterocycles. The average Bonchev–Trinajstić information content (AvgIpc) is 2.90. The molecular weight excluding hydrogens is 659 g/mol. The summed E-state index contributed by atoms with van der Waals surface area (Å²) in [6, 6.07) is 3.90. The number of alkyl carbamates (subject to hydrolysis) is 1. The largest absolute Gasteiger partial charge is 0.493 e. The molecule has 0 spiro atoms. The van der Waals surface area contributed by atoms with Crippen LogP contribution in [0, 0.1) is 3.57 Å². The van der Waals surface area contributed by atoms with E-state index in [-0.39, 0.29) is 11.9 Å². The Morgan fingerprint density at radius 3 is 2.31 bits per heavy atom. The van der Waals surface area contributed by atoms with E-state index in [0.717, 1.165) is 14.7 Å². The third-order valence-corrected chi connectivity index (χ3v) is 6.30. The molecular formula is C28H43IN6O7. The monoisotopic (exact) mass is 702 g/mol. The molecule has 1 aromatic heterocycles. The summed E-state index contributed by atoms with van der Waals surface area (Å²) in [5, 5.41) is 5.46. The van der Waals surface area contributed by atoms with Crippen LogP contribution < -0.4 is 31.6 Å². The van der Waals surface area contributed by atoms with Crippen molar-refractivity contribution < 1.29 is 33.3 Å². The summed E-state index contributed by atoms with van der Waals surface area (Å²) in [5.74, 6) is 1.73. The maximum atomic E-state index is 12.1. The second-order valence-corrected chi connectivity index (χ2v) is 11.4. The van der Waals surface area contributed by atoms with Gasteiger partial charge in [0.1, 0.15) is 11.4 Å². The van der Waals surface area contributed by atoms with Gasteiger partial charge in [-0.1, -0.05) is 0 Å². The standard InChI is InChI=1S/C28H43IN6O7/c1-28(2,3)42-27(37)33-9-12-40-14-13-39-11-8-32-23(36)7-5-6-10-41-24-21(29)16-19(17-22(24)38-4)15-20-18-34-26(31)35-25(20)30/h16-18H,5-15H2,1-4H3,(H,32,36)(H,33,37)(H4,30,31,34,35). The summed E-state index contributed by atoms with van der Waals surface area (Å²) in [5.41, 5.74) is 12.8. The fourth-order valence-electron chi connectivity index (χ4n) is 3.58. The van der Waals surface area contributed by atoms with Gasteiger partial charge in [-0.3, -0.25) is 4.79 Å². The minimum Gasteiger partial charge on any atom is -0.493 e. The van der Waals surface area contributed by atoms with Gasteiger partial charge < -0.3 is 45.8 Å². The number of unbranched alkanes of at least 4 members (excludes halogenated alkanes) is 1. The van der Waals surface area contributed by atoms with E-state index < -0.39 is 11.7 Å². The Morgan fingerprint density at radius 1 is 0.976 bits per heavy atom. The summed E-state index contributed by atoms with van der Waals surface area (Å²) in [6.45, 7) is 8.17. The summed E-state index contributed by atoms with van der Waals surface area (Å²) in [7, 11) is 1.59. The van der Waals surface area contributed by atoms with E-state index in [0.29, 0.717) is 89.1 Å². The molecule has 0 atom stereocenters. The van der Waals surface area contributed by atoms with E-state index in [9.17, 15) is 9.59 Å². The number of rotatable bonds is 18. The summed E-state index contributed by atoms with van der Waals surface area (Å²) in [4.78, 5) is 31.6. The Morgan fingerprint density at radius 2 is 1.67 bits per heavy atom. The maximum absolute atomic E-state index is 12.1. The highest BCUT2D eigenvalue weighted by atomic mass is 127. The molecule has 0 bridgehead atoms. The minimum atomic E-state index is -0.530. The summed E-state index contributed by atoms with van der Waals surface area (Å²) >= 11 is 2.21. The van der Waals surface area contributed by atoms with E-state index in [1.165, 1.54) is 0 Å². The quantitative estimate of drug-likeness (QED) is 0.132. The van der Waals surface area contributed by atoms with Crippen molar-refractivity contribution in [3.05, 3.63) is 33.0 Å². The number of carbonyl (C=O) groups is 2. The number of nitrogens with zero attached hydrogens (tertiary/aromatic N) is 2. The van der Waals surface area contributed by atoms with Crippen molar-refractivity contribution >= 4 is 46.4 Å². The normalized spacial score (nSPS) is 11.2. The molecule has 0 aliphatic carbocycles. The Labute approximate surface area is 260 Å². The van der Waals surface area contributed by atoms with Crippen LogP contribution in [-0.4, -0.2) is 80.8 Å². The molecule has 234 valence electrons. The van der Waals surface area contributed by atoms with Gasteiger partial charge in [0.15, 0.2) is 11.5 Å². The predicted octanol–water partition coefficient (Wildman–Crippen LogP) is 3.07. The van der Waals surface area contributed by atoms with Crippen molar-refractivity contribution in [1.29, 1.82) is 0 Å². The minimum absolute atomic E-state index is 0.0366. The lowest BCUT2D eigenvalue weighted by Crippen LogP contribution is -2.34. The van der Waals surface area contributed by atoms with Crippen molar-refractivity contribution in [2.24, 2.45) is 0 Å². The van der Waals surface area contributed by atoms with Gasteiger partial charge in [0, 0.05) is 37.7 Å². The second-order valence-electron chi connectivity index (χ2n) is 10.2. The third kappa shape index (κ3) is 14.2. The number of amides is 2. The first-order chi connectivity index (χ1) is 20.0. The van der Waals surface area contributed by atoms with Crippen molar-refractivity contribution in [3.63, 3.8) is 0 Å². The molecule has 2 aromatic rings. The zero-order valence-electron chi connectivity index (χ0n) is 24.8. The van der Waals surface area contributed by atoms with Crippen LogP contribution in [0.15, 0.2) is 18.3 Å². The van der Waals surface area contributed by atoms with Gasteiger partial charge in [-0.2, -0.15) is 4.98 Å². The topological polar surface area (TPSA) is 182 Å². The molecule has 0 saturated carbocycles. The molecule has 2 amide bonds. The van der Waals surface area contributed by atoms with Crippen LogP contribution in [0.3, 0.4) is 0 Å². The molecule has 42 heavy (non-hydrogen) atoms. The molecule has 2 rings (SSSR count). The second kappa shape index (κ2) is 18.4. The number of nitrogens with one attached hydrogen (secondary N) is 2. The number of halogens is 1. The van der Waals surface area contributed by atoms with Crippen molar-refractivity contribution in [2.45, 2.75) is 52.1 Å². The van der Waals surface area contributed by atoms with Crippen LogP contribution >= 0.6 is 22.6 Å². The summed E-state index contributed by atoms with van der Waals surface area (Å²) < 4.78 is 28.4. The average molecular weight is 703 g/mol. The number of carbonyl (C=O) groups excluding carboxylic acids is 2. The van der Waals surface area contributed by atoms with E-state index in [1.807, 2.05) is 12.1 Å². The van der Waals surface area contributed by atoms with Gasteiger partial charge in [0.05, 0.1) is 43.7 Å². The molecule has 0 unspecified atom stereocenters. The Bertz CT molecular complexity index is 1150. The molecule has 6 N–H and O–H groups in total. The lowest BCUT2D eigenvalue weighted by Gasteiger charge is -2.19. The van der Waals surface area contributed by atoms with Crippen LogP contribution in [0.2, 0.25) is 0 Å². The number of anilines is 2. The predicted molar refractivity (Wildman–Crippen MR) is 168 cm³/mol. The number of nitrogen functional groups attached to an aromatic ring is 2. The smallest absolute Gasteiger partial charge is 0.407 e. The fraction of sp³-hybridized carbons (Fsp3) is 0.571. The Hall–Kier alpha value is -3.11. The summed E-state index contributed by atoms with van der Waals surface area (Å²) in [6.07, 6.45) is 3.48. The molecule has 0 radical (unpaired) electrons. The zero-order chi connectivity index (χ0) is 31.0. The first kappa shape index (κ1) is 35.1. The number of benzene rings is 1. The van der Waals surface area contributed by atoms with Gasteiger partial charge in [-0.05, 0) is 73.9 Å². The van der Waals surface area contributed by atoms with Crippen LogP contribution in [0.25, 0.3) is 0 Å². The van der Waals surface area contributed by atoms with Crippen molar-refractivity contribution in [2.75, 3.05) is 64.7 Å². The molecule has 14 heteroatoms. The van der Waals surface area contributed by atoms with E-state index >= 15 is 0 Å². The molecule has 1 aromatic carbocycles. The fourth-order valence-corrected chi connectivity index (χ4v) is 4.40. The number of nitrogens with two attached hydrogens (primary N) is 2. The number of hydrogen-bond donors (Lipinski definition) is 4. The highest BCUT2D eigenvalue weighted by Gasteiger charge is 2.16. The van der Waals surface area contributed by atoms with Crippen LogP contribution in [-0.2, 0) is 25.4 Å². The van der Waals surface area contributed by atoms with E-state index in [2.05, 4.69) is 43.2 Å². The first-order valence-electron chi connectivity index (χ1n) is 13.7. The Kier molecular flexibility index (Phi) is 15.4. The van der Waals surface area contributed by atoms with E-state index in [4.69, 9.17) is 35.2 Å².